The van der Waals surface area contributed by atoms with E-state index in [2.05, 4.69) is 10.2 Å². The van der Waals surface area contributed by atoms with Crippen LogP contribution in [0, 0.1) is 11.8 Å². The summed E-state index contributed by atoms with van der Waals surface area (Å²) in [5.74, 6) is 1.41. The Bertz CT molecular complexity index is 1040. The standard InChI is InChI=1S/C26H31N3O5/c30-24-9-6-20(25(31)27-24)29-11-14-10-15(4-5-16(14)26(29)32)33-23-3-1-2-19(23)28-12-17-18(13-28)22-8-7-21(17)34-22/h4-5,10,17-23H,1-3,6-9,11-13H2,(H,27,30,31)/t17-,18+,19-,20?,21+,22-,23-/m1/s1. The number of piperidine rings is 1. The van der Waals surface area contributed by atoms with Gasteiger partial charge in [0.05, 0.1) is 12.2 Å². The molecule has 1 N–H and O–H groups in total. The van der Waals surface area contributed by atoms with Gasteiger partial charge < -0.3 is 14.4 Å². The maximum Gasteiger partial charge on any atom is 0.255 e. The van der Waals surface area contributed by atoms with E-state index in [-0.39, 0.29) is 30.2 Å². The van der Waals surface area contributed by atoms with E-state index in [1.54, 1.807) is 4.90 Å². The number of hydrogen-bond acceptors (Lipinski definition) is 6. The average Bonchev–Trinajstić information content (AvgIpc) is 3.62. The highest BCUT2D eigenvalue weighted by molar-refractivity contribution is 6.05. The van der Waals surface area contributed by atoms with Gasteiger partial charge in [0.2, 0.25) is 11.8 Å². The van der Waals surface area contributed by atoms with Crippen LogP contribution in [0.1, 0.15) is 60.9 Å². The van der Waals surface area contributed by atoms with Crippen molar-refractivity contribution < 1.29 is 23.9 Å². The van der Waals surface area contributed by atoms with Gasteiger partial charge in [0.25, 0.3) is 5.91 Å². The van der Waals surface area contributed by atoms with E-state index in [0.29, 0.717) is 48.6 Å². The summed E-state index contributed by atoms with van der Waals surface area (Å²) in [4.78, 5) is 41.0. The fraction of sp³-hybridized carbons (Fsp3) is 0.654. The lowest BCUT2D eigenvalue weighted by molar-refractivity contribution is -0.136. The number of likely N-dealkylation sites (tertiary alicyclic amines) is 1. The molecule has 1 unspecified atom stereocenters. The van der Waals surface area contributed by atoms with Crippen molar-refractivity contribution in [1.82, 2.24) is 15.1 Å². The number of amides is 3. The first-order valence-electron chi connectivity index (χ1n) is 12.9. The van der Waals surface area contributed by atoms with Crippen molar-refractivity contribution in [2.45, 2.75) is 81.9 Å². The van der Waals surface area contributed by atoms with Crippen molar-refractivity contribution in [2.75, 3.05) is 13.1 Å². The van der Waals surface area contributed by atoms with E-state index >= 15 is 0 Å². The Hall–Kier alpha value is -2.45. The molecule has 5 fully saturated rings. The highest BCUT2D eigenvalue weighted by Gasteiger charge is 2.54. The van der Waals surface area contributed by atoms with Gasteiger partial charge in [0.15, 0.2) is 0 Å². The molecule has 1 aliphatic carbocycles. The van der Waals surface area contributed by atoms with Crippen LogP contribution in [0.15, 0.2) is 18.2 Å². The molecular weight excluding hydrogens is 434 g/mol. The maximum absolute atomic E-state index is 13.0. The molecule has 4 saturated heterocycles. The van der Waals surface area contributed by atoms with E-state index in [1.165, 1.54) is 25.7 Å². The Kier molecular flexibility index (Phi) is 4.78. The lowest BCUT2D eigenvalue weighted by Gasteiger charge is -2.31. The Balaban J connectivity index is 1.04. The Morgan fingerprint density at radius 2 is 1.76 bits per heavy atom. The Morgan fingerprint density at radius 1 is 0.971 bits per heavy atom. The molecular formula is C26H31N3O5. The zero-order chi connectivity index (χ0) is 23.0. The van der Waals surface area contributed by atoms with Crippen LogP contribution in [0.3, 0.4) is 0 Å². The minimum atomic E-state index is -0.588. The van der Waals surface area contributed by atoms with Crippen LogP contribution >= 0.6 is 0 Å². The van der Waals surface area contributed by atoms with Crippen molar-refractivity contribution in [3.63, 3.8) is 0 Å². The second-order valence-electron chi connectivity index (χ2n) is 10.9. The molecule has 0 spiro atoms. The average molecular weight is 466 g/mol. The fourth-order valence-corrected chi connectivity index (χ4v) is 7.52. The summed E-state index contributed by atoms with van der Waals surface area (Å²) in [5, 5.41) is 2.36. The fourth-order valence-electron chi connectivity index (χ4n) is 7.52. The number of carbonyl (C=O) groups excluding carboxylic acids is 3. The first-order chi connectivity index (χ1) is 16.5. The number of carbonyl (C=O) groups is 3. The molecule has 0 radical (unpaired) electrons. The van der Waals surface area contributed by atoms with Gasteiger partial charge in [-0.25, -0.2) is 0 Å². The Labute approximate surface area is 198 Å². The first kappa shape index (κ1) is 20.9. The number of nitrogens with zero attached hydrogens (tertiary/aromatic N) is 2. The SMILES string of the molecule is O=C1CCC(N2Cc3cc(O[C@@H]4CCC[C@H]4N4C[C@@H]5[C@H](C4)[C@H]4CC[C@@H]5O4)ccc3C2=O)C(=O)N1. The van der Waals surface area contributed by atoms with E-state index in [0.717, 1.165) is 30.8 Å². The summed E-state index contributed by atoms with van der Waals surface area (Å²) in [6.45, 7) is 2.65. The van der Waals surface area contributed by atoms with Gasteiger partial charge in [-0.05, 0) is 62.3 Å². The van der Waals surface area contributed by atoms with Crippen LogP contribution in [-0.2, 0) is 20.9 Å². The lowest BCUT2D eigenvalue weighted by Crippen LogP contribution is -2.52. The van der Waals surface area contributed by atoms with Crippen molar-refractivity contribution in [2.24, 2.45) is 11.8 Å². The molecule has 6 aliphatic rings. The normalized spacial score (nSPS) is 39.0. The molecule has 8 heteroatoms. The van der Waals surface area contributed by atoms with E-state index < -0.39 is 6.04 Å². The molecule has 3 amide bonds. The summed E-state index contributed by atoms with van der Waals surface area (Å²) in [7, 11) is 0. The van der Waals surface area contributed by atoms with Crippen molar-refractivity contribution in [1.29, 1.82) is 0 Å². The van der Waals surface area contributed by atoms with Crippen LogP contribution in [-0.4, -0.2) is 71.0 Å². The van der Waals surface area contributed by atoms with Gasteiger partial charge in [0, 0.05) is 49.5 Å². The molecule has 7 rings (SSSR count). The third-order valence-electron chi connectivity index (χ3n) is 9.15. The first-order valence-corrected chi connectivity index (χ1v) is 12.9. The third-order valence-corrected chi connectivity index (χ3v) is 9.15. The molecule has 1 aromatic rings. The number of imide groups is 1. The number of nitrogens with one attached hydrogen (secondary N) is 1. The van der Waals surface area contributed by atoms with Gasteiger partial charge in [-0.15, -0.1) is 0 Å². The van der Waals surface area contributed by atoms with Crippen molar-refractivity contribution in [3.8, 4) is 5.75 Å². The minimum absolute atomic E-state index is 0.143. The maximum atomic E-state index is 13.0. The van der Waals surface area contributed by atoms with E-state index in [4.69, 9.17) is 9.47 Å². The Morgan fingerprint density at radius 3 is 2.53 bits per heavy atom. The highest BCUT2D eigenvalue weighted by atomic mass is 16.5. The molecule has 180 valence electrons. The van der Waals surface area contributed by atoms with Crippen LogP contribution in [0.25, 0.3) is 0 Å². The summed E-state index contributed by atoms with van der Waals surface area (Å²) in [6, 6.07) is 5.56. The second kappa shape index (κ2) is 7.78. The quantitative estimate of drug-likeness (QED) is 0.683. The zero-order valence-corrected chi connectivity index (χ0v) is 19.3. The molecule has 5 aliphatic heterocycles. The van der Waals surface area contributed by atoms with Crippen molar-refractivity contribution in [3.05, 3.63) is 29.3 Å². The summed E-state index contributed by atoms with van der Waals surface area (Å²) in [6.07, 6.45) is 7.62. The smallest absolute Gasteiger partial charge is 0.255 e. The van der Waals surface area contributed by atoms with Gasteiger partial charge in [0.1, 0.15) is 17.9 Å². The van der Waals surface area contributed by atoms with Gasteiger partial charge in [-0.3, -0.25) is 24.6 Å². The van der Waals surface area contributed by atoms with Crippen LogP contribution < -0.4 is 10.1 Å². The molecule has 8 nitrogen and oxygen atoms in total. The largest absolute Gasteiger partial charge is 0.489 e. The van der Waals surface area contributed by atoms with E-state index in [1.807, 2.05) is 18.2 Å². The number of fused-ring (bicyclic) bond motifs is 6. The summed E-state index contributed by atoms with van der Waals surface area (Å²) in [5.41, 5.74) is 1.52. The predicted octanol–water partition coefficient (Wildman–Crippen LogP) is 1.86. The molecule has 5 heterocycles. The monoisotopic (exact) mass is 465 g/mol. The number of ether oxygens (including phenoxy) is 2. The summed E-state index contributed by atoms with van der Waals surface area (Å²) >= 11 is 0. The summed E-state index contributed by atoms with van der Waals surface area (Å²) < 4.78 is 12.7. The van der Waals surface area contributed by atoms with Gasteiger partial charge in [-0.1, -0.05) is 0 Å². The molecule has 34 heavy (non-hydrogen) atoms. The predicted molar refractivity (Wildman–Crippen MR) is 121 cm³/mol. The van der Waals surface area contributed by atoms with Crippen LogP contribution in [0.4, 0.5) is 0 Å². The van der Waals surface area contributed by atoms with Crippen LogP contribution in [0.5, 0.6) is 5.75 Å². The number of rotatable bonds is 4. The molecule has 1 aromatic carbocycles. The molecule has 1 saturated carbocycles. The second-order valence-corrected chi connectivity index (χ2v) is 10.9. The van der Waals surface area contributed by atoms with Gasteiger partial charge >= 0.3 is 0 Å². The number of benzene rings is 1. The molecule has 2 bridgehead atoms. The topological polar surface area (TPSA) is 88.2 Å². The highest BCUT2D eigenvalue weighted by Crippen LogP contribution is 2.48. The third kappa shape index (κ3) is 3.22. The van der Waals surface area contributed by atoms with Crippen molar-refractivity contribution >= 4 is 17.7 Å². The van der Waals surface area contributed by atoms with Crippen LogP contribution in [0.2, 0.25) is 0 Å². The minimum Gasteiger partial charge on any atom is -0.489 e. The zero-order valence-electron chi connectivity index (χ0n) is 19.3. The van der Waals surface area contributed by atoms with E-state index in [9.17, 15) is 14.4 Å². The molecule has 7 atom stereocenters. The number of hydrogen-bond donors (Lipinski definition) is 1. The lowest BCUT2D eigenvalue weighted by atomic mass is 9.82. The van der Waals surface area contributed by atoms with Gasteiger partial charge in [-0.2, -0.15) is 0 Å². The molecule has 0 aromatic heterocycles.